The third-order valence-electron chi connectivity index (χ3n) is 4.13. The van der Waals surface area contributed by atoms with E-state index in [0.29, 0.717) is 6.54 Å². The van der Waals surface area contributed by atoms with Crippen LogP contribution in [0.4, 0.5) is 5.69 Å². The van der Waals surface area contributed by atoms with Crippen molar-refractivity contribution >= 4 is 15.7 Å². The van der Waals surface area contributed by atoms with E-state index in [1.54, 1.807) is 11.2 Å². The molecule has 21 heavy (non-hydrogen) atoms. The largest absolute Gasteiger partial charge is 0.399 e. The van der Waals surface area contributed by atoms with Crippen molar-refractivity contribution in [3.8, 4) is 0 Å². The second-order valence-electron chi connectivity index (χ2n) is 5.78. The van der Waals surface area contributed by atoms with Gasteiger partial charge in [0.15, 0.2) is 0 Å². The van der Waals surface area contributed by atoms with Gasteiger partial charge in [-0.3, -0.25) is 4.90 Å². The number of anilines is 1. The summed E-state index contributed by atoms with van der Waals surface area (Å²) in [6.07, 6.45) is 0. The van der Waals surface area contributed by atoms with Gasteiger partial charge in [0.1, 0.15) is 0 Å². The summed E-state index contributed by atoms with van der Waals surface area (Å²) in [7, 11) is -3.09. The number of nitrogens with two attached hydrogens (primary N) is 1. The Labute approximate surface area is 127 Å². The van der Waals surface area contributed by atoms with Gasteiger partial charge in [-0.15, -0.1) is 0 Å². The van der Waals surface area contributed by atoms with Gasteiger partial charge in [0.05, 0.1) is 5.75 Å². The summed E-state index contributed by atoms with van der Waals surface area (Å²) in [4.78, 5) is 2.31. The van der Waals surface area contributed by atoms with Crippen LogP contribution in [0.5, 0.6) is 0 Å². The fourth-order valence-corrected chi connectivity index (χ4v) is 4.18. The van der Waals surface area contributed by atoms with Gasteiger partial charge in [0.2, 0.25) is 10.0 Å². The van der Waals surface area contributed by atoms with E-state index in [0.717, 1.165) is 25.3 Å². The molecule has 1 atom stereocenters. The lowest BCUT2D eigenvalue weighted by Crippen LogP contribution is -2.53. The molecule has 1 aromatic carbocycles. The highest BCUT2D eigenvalue weighted by Gasteiger charge is 2.31. The van der Waals surface area contributed by atoms with Crippen LogP contribution in [0.1, 0.15) is 25.0 Å². The van der Waals surface area contributed by atoms with Crippen molar-refractivity contribution in [3.63, 3.8) is 0 Å². The molecule has 0 radical (unpaired) electrons. The summed E-state index contributed by atoms with van der Waals surface area (Å²) in [5, 5.41) is 0. The average Bonchev–Trinajstić information content (AvgIpc) is 2.42. The molecule has 0 spiro atoms. The first-order valence-corrected chi connectivity index (χ1v) is 9.01. The highest BCUT2D eigenvalue weighted by Crippen LogP contribution is 2.19. The van der Waals surface area contributed by atoms with Crippen molar-refractivity contribution < 1.29 is 8.42 Å². The molecule has 0 saturated carbocycles. The van der Waals surface area contributed by atoms with E-state index in [2.05, 4.69) is 17.9 Å². The molecule has 1 aliphatic heterocycles. The van der Waals surface area contributed by atoms with Crippen molar-refractivity contribution in [1.29, 1.82) is 0 Å². The Bertz CT molecular complexity index is 601. The molecule has 0 bridgehead atoms. The molecule has 0 aromatic heterocycles. The summed E-state index contributed by atoms with van der Waals surface area (Å²) in [6.45, 7) is 8.70. The lowest BCUT2D eigenvalue weighted by atomic mass is 10.1. The predicted molar refractivity (Wildman–Crippen MR) is 86.5 cm³/mol. The monoisotopic (exact) mass is 311 g/mol. The molecule has 1 fully saturated rings. The lowest BCUT2D eigenvalue weighted by molar-refractivity contribution is 0.138. The molecule has 1 heterocycles. The highest BCUT2D eigenvalue weighted by molar-refractivity contribution is 7.89. The maximum atomic E-state index is 12.0. The Kier molecular flexibility index (Phi) is 4.91. The van der Waals surface area contributed by atoms with Crippen molar-refractivity contribution in [2.24, 2.45) is 0 Å². The molecule has 2 N–H and O–H groups in total. The molecule has 118 valence electrons. The lowest BCUT2D eigenvalue weighted by Gasteiger charge is -2.39. The van der Waals surface area contributed by atoms with E-state index >= 15 is 0 Å². The summed E-state index contributed by atoms with van der Waals surface area (Å²) in [5.41, 5.74) is 9.00. The van der Waals surface area contributed by atoms with Crippen LogP contribution in [0.25, 0.3) is 0 Å². The minimum Gasteiger partial charge on any atom is -0.399 e. The molecule has 1 aromatic rings. The third kappa shape index (κ3) is 3.75. The van der Waals surface area contributed by atoms with Crippen LogP contribution in [0, 0.1) is 6.92 Å². The molecule has 0 amide bonds. The van der Waals surface area contributed by atoms with Crippen LogP contribution >= 0.6 is 0 Å². The number of hydrogen-bond acceptors (Lipinski definition) is 4. The first-order valence-electron chi connectivity index (χ1n) is 7.40. The fourth-order valence-electron chi connectivity index (χ4n) is 2.88. The van der Waals surface area contributed by atoms with Crippen LogP contribution in [0.15, 0.2) is 18.2 Å². The summed E-state index contributed by atoms with van der Waals surface area (Å²) in [6, 6.07) is 5.99. The Hall–Kier alpha value is -1.11. The average molecular weight is 311 g/mol. The number of sulfonamides is 1. The van der Waals surface area contributed by atoms with Crippen LogP contribution in [0.2, 0.25) is 0 Å². The van der Waals surface area contributed by atoms with E-state index in [1.165, 1.54) is 11.1 Å². The van der Waals surface area contributed by atoms with Crippen molar-refractivity contribution in [2.45, 2.75) is 33.4 Å². The summed E-state index contributed by atoms with van der Waals surface area (Å²) >= 11 is 0. The number of rotatable bonds is 4. The zero-order chi connectivity index (χ0) is 15.6. The van der Waals surface area contributed by atoms with Gasteiger partial charge in [-0.05, 0) is 44.0 Å². The molecule has 6 heteroatoms. The van der Waals surface area contributed by atoms with E-state index in [1.807, 2.05) is 19.1 Å². The zero-order valence-electron chi connectivity index (χ0n) is 13.0. The smallest absolute Gasteiger partial charge is 0.214 e. The number of nitrogen functional groups attached to an aromatic ring is 1. The minimum atomic E-state index is -3.09. The molecule has 5 nitrogen and oxygen atoms in total. The van der Waals surface area contributed by atoms with E-state index in [4.69, 9.17) is 5.73 Å². The number of nitrogens with zero attached hydrogens (tertiary/aromatic N) is 2. The normalized spacial score (nSPS) is 21.6. The molecule has 2 rings (SSSR count). The number of hydrogen-bond donors (Lipinski definition) is 1. The Balaban J connectivity index is 2.03. The van der Waals surface area contributed by atoms with Crippen LogP contribution in [0.3, 0.4) is 0 Å². The number of aryl methyl sites for hydroxylation is 1. The predicted octanol–water partition coefficient (Wildman–Crippen LogP) is 1.43. The SMILES string of the molecule is CCS(=O)(=O)N1CCN(Cc2ccc(N)cc2C)CC1C. The highest BCUT2D eigenvalue weighted by atomic mass is 32.2. The fraction of sp³-hybridized carbons (Fsp3) is 0.600. The van der Waals surface area contributed by atoms with Crippen LogP contribution < -0.4 is 5.73 Å². The van der Waals surface area contributed by atoms with E-state index in [9.17, 15) is 8.42 Å². The van der Waals surface area contributed by atoms with Gasteiger partial charge < -0.3 is 5.73 Å². The van der Waals surface area contributed by atoms with Gasteiger partial charge in [-0.1, -0.05) is 6.07 Å². The molecule has 0 aliphatic carbocycles. The van der Waals surface area contributed by atoms with Gasteiger partial charge >= 0.3 is 0 Å². The van der Waals surface area contributed by atoms with E-state index < -0.39 is 10.0 Å². The topological polar surface area (TPSA) is 66.6 Å². The van der Waals surface area contributed by atoms with Crippen LogP contribution in [-0.4, -0.2) is 49.1 Å². The van der Waals surface area contributed by atoms with Gasteiger partial charge in [-0.25, -0.2) is 8.42 Å². The molecule has 1 aliphatic rings. The van der Waals surface area contributed by atoms with Gasteiger partial charge in [-0.2, -0.15) is 4.31 Å². The quantitative estimate of drug-likeness (QED) is 0.854. The molecule has 1 unspecified atom stereocenters. The number of piperazine rings is 1. The zero-order valence-corrected chi connectivity index (χ0v) is 13.9. The van der Waals surface area contributed by atoms with Gasteiger partial charge in [0, 0.05) is 37.9 Å². The van der Waals surface area contributed by atoms with Crippen molar-refractivity contribution in [3.05, 3.63) is 29.3 Å². The Morgan fingerprint density at radius 3 is 2.62 bits per heavy atom. The Morgan fingerprint density at radius 1 is 1.33 bits per heavy atom. The van der Waals surface area contributed by atoms with E-state index in [-0.39, 0.29) is 11.8 Å². The first kappa shape index (κ1) is 16.3. The Morgan fingerprint density at radius 2 is 2.05 bits per heavy atom. The molecular formula is C15H25N3O2S. The maximum Gasteiger partial charge on any atom is 0.214 e. The molecular weight excluding hydrogens is 286 g/mol. The second-order valence-corrected chi connectivity index (χ2v) is 7.99. The van der Waals surface area contributed by atoms with Crippen molar-refractivity contribution in [2.75, 3.05) is 31.1 Å². The first-order chi connectivity index (χ1) is 9.83. The number of benzene rings is 1. The van der Waals surface area contributed by atoms with Crippen molar-refractivity contribution in [1.82, 2.24) is 9.21 Å². The van der Waals surface area contributed by atoms with Gasteiger partial charge in [0.25, 0.3) is 0 Å². The third-order valence-corrected chi connectivity index (χ3v) is 6.12. The second kappa shape index (κ2) is 6.34. The minimum absolute atomic E-state index is 0.0257. The standard InChI is InChI=1S/C15H25N3O2S/c1-4-21(19,20)18-8-7-17(10-13(18)3)11-14-5-6-15(16)9-12(14)2/h5-6,9,13H,4,7-8,10-11,16H2,1-3H3. The summed E-state index contributed by atoms with van der Waals surface area (Å²) in [5.74, 6) is 0.175. The summed E-state index contributed by atoms with van der Waals surface area (Å²) < 4.78 is 25.7. The molecule has 1 saturated heterocycles. The maximum absolute atomic E-state index is 12.0. The van der Waals surface area contributed by atoms with Crippen LogP contribution in [-0.2, 0) is 16.6 Å².